The highest BCUT2D eigenvalue weighted by molar-refractivity contribution is 8.00. The normalized spacial score (nSPS) is 19.5. The fourth-order valence-electron chi connectivity index (χ4n) is 3.57. The number of amides is 4. The molecular formula is C21H23N5O9S. The quantitative estimate of drug-likeness (QED) is 0.200. The maximum Gasteiger partial charge on any atom is 0.404 e. The van der Waals surface area contributed by atoms with Gasteiger partial charge in [0, 0.05) is 17.0 Å². The van der Waals surface area contributed by atoms with Gasteiger partial charge in [-0.2, -0.15) is 0 Å². The summed E-state index contributed by atoms with van der Waals surface area (Å²) in [5.41, 5.74) is 11.1. The number of primary amides is 1. The number of carboxylic acids is 2. The number of nitrogens with two attached hydrogens (primary N) is 2. The van der Waals surface area contributed by atoms with Crippen LogP contribution in [0.2, 0.25) is 0 Å². The van der Waals surface area contributed by atoms with E-state index in [4.69, 9.17) is 16.6 Å². The third-order valence-electron chi connectivity index (χ3n) is 5.28. The summed E-state index contributed by atoms with van der Waals surface area (Å²) in [5, 5.41) is 22.8. The van der Waals surface area contributed by atoms with Gasteiger partial charge in [0.05, 0.1) is 12.8 Å². The number of aliphatic carboxylic acids is 2. The first-order valence-corrected chi connectivity index (χ1v) is 11.5. The van der Waals surface area contributed by atoms with Crippen molar-refractivity contribution >= 4 is 53.2 Å². The Morgan fingerprint density at radius 1 is 1.14 bits per heavy atom. The molecular weight excluding hydrogens is 498 g/mol. The molecule has 0 aliphatic carbocycles. The van der Waals surface area contributed by atoms with E-state index in [1.807, 2.05) is 0 Å². The predicted molar refractivity (Wildman–Crippen MR) is 124 cm³/mol. The molecule has 8 N–H and O–H groups in total. The van der Waals surface area contributed by atoms with Gasteiger partial charge in [0.25, 0.3) is 5.91 Å². The van der Waals surface area contributed by atoms with Crippen LogP contribution in [0.3, 0.4) is 0 Å². The van der Waals surface area contributed by atoms with Crippen molar-refractivity contribution < 1.29 is 43.7 Å². The zero-order valence-electron chi connectivity index (χ0n) is 18.6. The van der Waals surface area contributed by atoms with E-state index in [0.29, 0.717) is 11.3 Å². The highest BCUT2D eigenvalue weighted by atomic mass is 32.2. The van der Waals surface area contributed by atoms with Crippen molar-refractivity contribution in [2.75, 3.05) is 17.7 Å². The summed E-state index contributed by atoms with van der Waals surface area (Å²) >= 11 is 1.22. The van der Waals surface area contributed by atoms with Gasteiger partial charge in [0.15, 0.2) is 0 Å². The lowest BCUT2D eigenvalue weighted by atomic mass is 10.0. The van der Waals surface area contributed by atoms with Gasteiger partial charge in [-0.25, -0.2) is 9.59 Å². The lowest BCUT2D eigenvalue weighted by Gasteiger charge is -2.49. The third-order valence-corrected chi connectivity index (χ3v) is 6.62. The van der Waals surface area contributed by atoms with Crippen LogP contribution in [0.5, 0.6) is 0 Å². The largest absolute Gasteiger partial charge is 0.480 e. The first-order chi connectivity index (χ1) is 17.0. The number of nitrogens with one attached hydrogen (secondary N) is 2. The number of carbonyl (C=O) groups excluding carboxylic acids is 4. The van der Waals surface area contributed by atoms with Gasteiger partial charge >= 0.3 is 18.0 Å². The number of hydrogen-bond acceptors (Lipinski definition) is 9. The highest BCUT2D eigenvalue weighted by Gasteiger charge is 2.54. The van der Waals surface area contributed by atoms with Gasteiger partial charge in [-0.05, 0) is 17.7 Å². The highest BCUT2D eigenvalue weighted by Crippen LogP contribution is 2.40. The molecule has 192 valence electrons. The number of thioether (sulfide) groups is 1. The Morgan fingerprint density at radius 3 is 2.39 bits per heavy atom. The number of ether oxygens (including phenoxy) is 1. The average Bonchev–Trinajstić information content (AvgIpc) is 2.81. The van der Waals surface area contributed by atoms with E-state index in [0.717, 1.165) is 4.90 Å². The summed E-state index contributed by atoms with van der Waals surface area (Å²) in [6.07, 6.45) is -1.56. The fourth-order valence-corrected chi connectivity index (χ4v) is 4.89. The van der Waals surface area contributed by atoms with Crippen molar-refractivity contribution in [3.63, 3.8) is 0 Å². The van der Waals surface area contributed by atoms with Crippen LogP contribution in [0.1, 0.15) is 12.0 Å². The minimum absolute atomic E-state index is 0.0847. The molecule has 0 radical (unpaired) electrons. The zero-order chi connectivity index (χ0) is 26.6. The van der Waals surface area contributed by atoms with E-state index in [1.165, 1.54) is 23.9 Å². The Bertz CT molecular complexity index is 1140. The van der Waals surface area contributed by atoms with Crippen molar-refractivity contribution in [1.29, 1.82) is 0 Å². The van der Waals surface area contributed by atoms with Crippen LogP contribution in [0.25, 0.3) is 0 Å². The molecule has 0 unspecified atom stereocenters. The fraction of sp³-hybridized carbons (Fsp3) is 0.333. The number of β-lactam (4-membered cyclic amide) rings is 1. The van der Waals surface area contributed by atoms with E-state index >= 15 is 0 Å². The topological polar surface area (TPSA) is 231 Å². The molecule has 2 aliphatic heterocycles. The summed E-state index contributed by atoms with van der Waals surface area (Å²) in [5.74, 6) is -4.14. The van der Waals surface area contributed by atoms with Gasteiger partial charge in [0.1, 0.15) is 29.8 Å². The molecule has 2 aliphatic rings. The predicted octanol–water partition coefficient (Wildman–Crippen LogP) is -1.20. The van der Waals surface area contributed by atoms with Crippen molar-refractivity contribution in [3.8, 4) is 0 Å². The van der Waals surface area contributed by atoms with Crippen molar-refractivity contribution in [2.45, 2.75) is 30.3 Å². The Morgan fingerprint density at radius 2 is 1.81 bits per heavy atom. The first kappa shape index (κ1) is 26.5. The molecule has 14 nitrogen and oxygen atoms in total. The van der Waals surface area contributed by atoms with E-state index in [1.54, 1.807) is 12.1 Å². The standard InChI is InChI=1S/C21H23N5O9S/c22-12(19(30)31)6-14(28)24-11-3-1-9(2-4-11)5-13(27)25-15-17(29)26-16(20(32)33)10(7-35-21(23)34)8-36-18(15)26/h1-4,12,15,18H,5-8,22H2,(H2,23,34)(H,24,28)(H,25,27)(H,30,31)(H,32,33)/t12-,15-,18+/m1/s1. The summed E-state index contributed by atoms with van der Waals surface area (Å²) in [4.78, 5) is 71.3. The molecule has 1 aromatic rings. The van der Waals surface area contributed by atoms with Crippen molar-refractivity contribution in [2.24, 2.45) is 11.5 Å². The lowest BCUT2D eigenvalue weighted by Crippen LogP contribution is -2.70. The monoisotopic (exact) mass is 521 g/mol. The van der Waals surface area contributed by atoms with Gasteiger partial charge < -0.3 is 37.1 Å². The van der Waals surface area contributed by atoms with Crippen LogP contribution >= 0.6 is 11.8 Å². The van der Waals surface area contributed by atoms with Crippen LogP contribution in [0.15, 0.2) is 35.5 Å². The molecule has 0 saturated carbocycles. The Kier molecular flexibility index (Phi) is 8.16. The van der Waals surface area contributed by atoms with Crippen molar-refractivity contribution in [3.05, 3.63) is 41.1 Å². The van der Waals surface area contributed by atoms with Crippen LogP contribution in [-0.4, -0.2) is 80.7 Å². The SMILES string of the molecule is NC(=O)OCC1=C(C(=O)O)N2C(=O)[C@@H](NC(=O)Cc3ccc(NC(=O)C[C@@H](N)C(=O)O)cc3)[C@@H]2SC1. The molecule has 15 heteroatoms. The van der Waals surface area contributed by atoms with Gasteiger partial charge in [-0.15, -0.1) is 11.8 Å². The second-order valence-corrected chi connectivity index (χ2v) is 9.00. The molecule has 3 rings (SSSR count). The Hall–Kier alpha value is -4.11. The van der Waals surface area contributed by atoms with Gasteiger partial charge in [-0.3, -0.25) is 24.1 Å². The number of carbonyl (C=O) groups is 6. The number of rotatable bonds is 10. The lowest BCUT2D eigenvalue weighted by molar-refractivity contribution is -0.150. The van der Waals surface area contributed by atoms with Crippen LogP contribution in [0, 0.1) is 0 Å². The molecule has 1 fully saturated rings. The molecule has 1 aromatic carbocycles. The summed E-state index contributed by atoms with van der Waals surface area (Å²) in [7, 11) is 0. The van der Waals surface area contributed by atoms with E-state index < -0.39 is 59.6 Å². The number of fused-ring (bicyclic) bond motifs is 1. The first-order valence-electron chi connectivity index (χ1n) is 10.5. The average molecular weight is 522 g/mol. The molecule has 36 heavy (non-hydrogen) atoms. The van der Waals surface area contributed by atoms with Crippen LogP contribution in [-0.2, 0) is 35.1 Å². The molecule has 2 heterocycles. The summed E-state index contributed by atoms with van der Waals surface area (Å²) < 4.78 is 4.66. The third kappa shape index (κ3) is 6.11. The summed E-state index contributed by atoms with van der Waals surface area (Å²) in [6.45, 7) is -0.361. The number of nitrogens with zero attached hydrogens (tertiary/aromatic N) is 1. The number of benzene rings is 1. The number of carboxylic acid groups (broad SMARTS) is 2. The minimum Gasteiger partial charge on any atom is -0.480 e. The maximum absolute atomic E-state index is 12.6. The Balaban J connectivity index is 1.56. The van der Waals surface area contributed by atoms with E-state index in [2.05, 4.69) is 15.4 Å². The molecule has 0 bridgehead atoms. The molecule has 0 aromatic heterocycles. The molecule has 4 amide bonds. The molecule has 0 spiro atoms. The van der Waals surface area contributed by atoms with Crippen LogP contribution < -0.4 is 22.1 Å². The number of hydrogen-bond donors (Lipinski definition) is 6. The smallest absolute Gasteiger partial charge is 0.404 e. The maximum atomic E-state index is 12.6. The zero-order valence-corrected chi connectivity index (χ0v) is 19.4. The molecule has 3 atom stereocenters. The van der Waals surface area contributed by atoms with E-state index in [9.17, 15) is 33.9 Å². The van der Waals surface area contributed by atoms with Crippen LogP contribution in [0.4, 0.5) is 10.5 Å². The number of anilines is 1. The second kappa shape index (κ2) is 11.1. The minimum atomic E-state index is -1.36. The van der Waals surface area contributed by atoms with E-state index in [-0.39, 0.29) is 30.1 Å². The van der Waals surface area contributed by atoms with Crippen molar-refractivity contribution in [1.82, 2.24) is 10.2 Å². The second-order valence-electron chi connectivity index (χ2n) is 7.89. The van der Waals surface area contributed by atoms with Gasteiger partial charge in [0.2, 0.25) is 11.8 Å². The summed E-state index contributed by atoms with van der Waals surface area (Å²) in [6, 6.07) is 3.96. The Labute approximate surface area is 208 Å². The van der Waals surface area contributed by atoms with Gasteiger partial charge in [-0.1, -0.05) is 12.1 Å². The molecule has 1 saturated heterocycles.